The lowest BCUT2D eigenvalue weighted by Crippen LogP contribution is -2.12. The Labute approximate surface area is 111 Å². The molecule has 8 heteroatoms. The minimum absolute atomic E-state index is 0.00196. The summed E-state index contributed by atoms with van der Waals surface area (Å²) in [7, 11) is 0. The van der Waals surface area contributed by atoms with Gasteiger partial charge in [-0.25, -0.2) is 4.98 Å². The van der Waals surface area contributed by atoms with Gasteiger partial charge < -0.3 is 11.1 Å². The predicted molar refractivity (Wildman–Crippen MR) is 70.3 cm³/mol. The lowest BCUT2D eigenvalue weighted by Gasteiger charge is -2.08. The van der Waals surface area contributed by atoms with Crippen molar-refractivity contribution in [2.45, 2.75) is 25.9 Å². The molecule has 4 nitrogen and oxygen atoms in total. The Hall–Kier alpha value is -1.57. The molecule has 19 heavy (non-hydrogen) atoms. The van der Waals surface area contributed by atoms with Crippen LogP contribution in [0.2, 0.25) is 0 Å². The summed E-state index contributed by atoms with van der Waals surface area (Å²) < 4.78 is 36.1. The molecular weight excluding hydrogens is 277 g/mol. The van der Waals surface area contributed by atoms with Crippen LogP contribution in [0.15, 0.2) is 6.07 Å². The quantitative estimate of drug-likeness (QED) is 0.848. The molecule has 2 aromatic heterocycles. The first-order valence-electron chi connectivity index (χ1n) is 5.69. The van der Waals surface area contributed by atoms with Gasteiger partial charge in [0.25, 0.3) is 0 Å². The lowest BCUT2D eigenvalue weighted by atomic mass is 10.3. The van der Waals surface area contributed by atoms with Crippen LogP contribution in [0, 0.1) is 6.92 Å². The third-order valence-corrected chi connectivity index (χ3v) is 3.41. The SMILES string of the molecule is Cc1cc2c(NCCCC(F)(F)F)nc(N)nc2s1. The molecule has 0 aromatic carbocycles. The van der Waals surface area contributed by atoms with Crippen molar-refractivity contribution in [1.82, 2.24) is 9.97 Å². The van der Waals surface area contributed by atoms with Gasteiger partial charge in [0.2, 0.25) is 5.95 Å². The summed E-state index contributed by atoms with van der Waals surface area (Å²) in [6, 6.07) is 1.89. The number of hydrogen-bond acceptors (Lipinski definition) is 5. The van der Waals surface area contributed by atoms with E-state index in [1.165, 1.54) is 11.3 Å². The van der Waals surface area contributed by atoms with Crippen LogP contribution in [0.5, 0.6) is 0 Å². The van der Waals surface area contributed by atoms with Crippen molar-refractivity contribution in [3.05, 3.63) is 10.9 Å². The zero-order chi connectivity index (χ0) is 14.0. The maximum Gasteiger partial charge on any atom is 0.389 e. The van der Waals surface area contributed by atoms with Gasteiger partial charge in [0, 0.05) is 17.8 Å². The second-order valence-corrected chi connectivity index (χ2v) is 5.39. The number of alkyl halides is 3. The Morgan fingerprint density at radius 3 is 2.79 bits per heavy atom. The minimum atomic E-state index is -4.12. The number of halogens is 3. The van der Waals surface area contributed by atoms with Gasteiger partial charge in [0.05, 0.1) is 5.39 Å². The number of nitrogens with one attached hydrogen (secondary N) is 1. The molecule has 104 valence electrons. The Bertz CT molecular complexity index is 579. The molecule has 2 heterocycles. The van der Waals surface area contributed by atoms with Gasteiger partial charge >= 0.3 is 6.18 Å². The molecule has 0 aliphatic heterocycles. The fraction of sp³-hybridized carbons (Fsp3) is 0.455. The molecular formula is C11H13F3N4S. The molecule has 2 rings (SSSR count). The third-order valence-electron chi connectivity index (χ3n) is 2.46. The van der Waals surface area contributed by atoms with E-state index in [-0.39, 0.29) is 18.9 Å². The van der Waals surface area contributed by atoms with Crippen molar-refractivity contribution in [2.75, 3.05) is 17.6 Å². The van der Waals surface area contributed by atoms with Gasteiger partial charge in [-0.1, -0.05) is 0 Å². The van der Waals surface area contributed by atoms with Crippen LogP contribution < -0.4 is 11.1 Å². The number of nitrogens with two attached hydrogens (primary N) is 1. The molecule has 0 amide bonds. The summed E-state index contributed by atoms with van der Waals surface area (Å²) in [5, 5.41) is 3.69. The number of aromatic nitrogens is 2. The third kappa shape index (κ3) is 3.69. The van der Waals surface area contributed by atoms with E-state index in [2.05, 4.69) is 15.3 Å². The molecule has 0 aliphatic rings. The molecule has 0 fully saturated rings. The fourth-order valence-electron chi connectivity index (χ4n) is 1.69. The minimum Gasteiger partial charge on any atom is -0.369 e. The van der Waals surface area contributed by atoms with Crippen LogP contribution in [-0.2, 0) is 0 Å². The molecule has 0 atom stereocenters. The molecule has 0 spiro atoms. The first kappa shape index (κ1) is 13.9. The average molecular weight is 290 g/mol. The Morgan fingerprint density at radius 1 is 1.37 bits per heavy atom. The first-order valence-corrected chi connectivity index (χ1v) is 6.51. The first-order chi connectivity index (χ1) is 8.85. The maximum absolute atomic E-state index is 12.0. The molecule has 2 aromatic rings. The van der Waals surface area contributed by atoms with Crippen LogP contribution in [0.3, 0.4) is 0 Å². The number of nitrogen functional groups attached to an aromatic ring is 1. The van der Waals surface area contributed by atoms with Crippen LogP contribution >= 0.6 is 11.3 Å². The highest BCUT2D eigenvalue weighted by Crippen LogP contribution is 2.29. The Morgan fingerprint density at radius 2 is 2.11 bits per heavy atom. The van der Waals surface area contributed by atoms with Crippen molar-refractivity contribution >= 4 is 33.3 Å². The maximum atomic E-state index is 12.0. The highest BCUT2D eigenvalue weighted by Gasteiger charge is 2.25. The monoisotopic (exact) mass is 290 g/mol. The molecule has 0 radical (unpaired) electrons. The largest absolute Gasteiger partial charge is 0.389 e. The molecule has 0 saturated heterocycles. The molecule has 0 unspecified atom stereocenters. The van der Waals surface area contributed by atoms with Crippen LogP contribution in [0.25, 0.3) is 10.2 Å². The zero-order valence-electron chi connectivity index (χ0n) is 10.2. The Kier molecular flexibility index (Phi) is 3.79. The number of thiophene rings is 1. The van der Waals surface area contributed by atoms with Crippen LogP contribution in [0.4, 0.5) is 24.9 Å². The van der Waals surface area contributed by atoms with E-state index in [9.17, 15) is 13.2 Å². The summed E-state index contributed by atoms with van der Waals surface area (Å²) >= 11 is 1.47. The van der Waals surface area contributed by atoms with Gasteiger partial charge in [0.1, 0.15) is 10.6 Å². The molecule has 3 N–H and O–H groups in total. The fourth-order valence-corrected chi connectivity index (χ4v) is 2.58. The topological polar surface area (TPSA) is 63.8 Å². The highest BCUT2D eigenvalue weighted by atomic mass is 32.1. The summed E-state index contributed by atoms with van der Waals surface area (Å²) in [5.41, 5.74) is 5.57. The van der Waals surface area contributed by atoms with Gasteiger partial charge in [-0.05, 0) is 19.4 Å². The van der Waals surface area contributed by atoms with E-state index < -0.39 is 12.6 Å². The summed E-state index contributed by atoms with van der Waals surface area (Å²) in [4.78, 5) is 9.91. The number of aryl methyl sites for hydroxylation is 1. The van der Waals surface area contributed by atoms with E-state index in [1.807, 2.05) is 13.0 Å². The van der Waals surface area contributed by atoms with Gasteiger partial charge in [0.15, 0.2) is 0 Å². The van der Waals surface area contributed by atoms with Crippen molar-refractivity contribution in [2.24, 2.45) is 0 Å². The van der Waals surface area contributed by atoms with E-state index in [4.69, 9.17) is 5.73 Å². The molecule has 0 aliphatic carbocycles. The molecule has 0 bridgehead atoms. The number of anilines is 2. The standard InChI is InChI=1S/C11H13F3N4S/c1-6-5-7-8(16-4-2-3-11(12,13)14)17-10(15)18-9(7)19-6/h5H,2-4H2,1H3,(H3,15,16,17,18). The smallest absolute Gasteiger partial charge is 0.369 e. The van der Waals surface area contributed by atoms with Crippen molar-refractivity contribution < 1.29 is 13.2 Å². The lowest BCUT2D eigenvalue weighted by molar-refractivity contribution is -0.134. The highest BCUT2D eigenvalue weighted by molar-refractivity contribution is 7.18. The van der Waals surface area contributed by atoms with E-state index in [1.54, 1.807) is 0 Å². The predicted octanol–water partition coefficient (Wildman–Crippen LogP) is 3.34. The van der Waals surface area contributed by atoms with E-state index in [0.29, 0.717) is 5.82 Å². The second kappa shape index (κ2) is 5.20. The van der Waals surface area contributed by atoms with E-state index in [0.717, 1.165) is 15.1 Å². The van der Waals surface area contributed by atoms with Crippen molar-refractivity contribution in [3.63, 3.8) is 0 Å². The van der Waals surface area contributed by atoms with Gasteiger partial charge in [-0.15, -0.1) is 11.3 Å². The summed E-state index contributed by atoms with van der Waals surface area (Å²) in [6.45, 7) is 2.12. The van der Waals surface area contributed by atoms with Crippen LogP contribution in [0.1, 0.15) is 17.7 Å². The number of rotatable bonds is 4. The number of fused-ring (bicyclic) bond motifs is 1. The number of nitrogens with zero attached hydrogens (tertiary/aromatic N) is 2. The second-order valence-electron chi connectivity index (χ2n) is 4.15. The summed E-state index contributed by atoms with van der Waals surface area (Å²) in [5.74, 6) is 0.613. The van der Waals surface area contributed by atoms with E-state index >= 15 is 0 Å². The van der Waals surface area contributed by atoms with Crippen molar-refractivity contribution in [3.8, 4) is 0 Å². The zero-order valence-corrected chi connectivity index (χ0v) is 11.0. The van der Waals surface area contributed by atoms with Gasteiger partial charge in [-0.2, -0.15) is 18.2 Å². The average Bonchev–Trinajstić information content (AvgIpc) is 2.63. The van der Waals surface area contributed by atoms with Gasteiger partial charge in [-0.3, -0.25) is 0 Å². The number of hydrogen-bond donors (Lipinski definition) is 2. The van der Waals surface area contributed by atoms with Crippen molar-refractivity contribution in [1.29, 1.82) is 0 Å². The molecule has 0 saturated carbocycles. The normalized spacial score (nSPS) is 12.0. The summed E-state index contributed by atoms with van der Waals surface area (Å²) in [6.07, 6.45) is -4.94. The van der Waals surface area contributed by atoms with Crippen LogP contribution in [-0.4, -0.2) is 22.7 Å². The Balaban J connectivity index is 2.07.